The third kappa shape index (κ3) is 3.23. The van der Waals surface area contributed by atoms with Gasteiger partial charge in [-0.2, -0.15) is 5.10 Å². The van der Waals surface area contributed by atoms with E-state index in [0.717, 1.165) is 22.5 Å². The van der Waals surface area contributed by atoms with E-state index < -0.39 is 0 Å². The second kappa shape index (κ2) is 7.20. The van der Waals surface area contributed by atoms with Crippen LogP contribution in [-0.2, 0) is 0 Å². The molecule has 0 fully saturated rings. The minimum Gasteiger partial charge on any atom is -0.488 e. The lowest BCUT2D eigenvalue weighted by Gasteiger charge is -2.18. The molecule has 0 spiro atoms. The molecule has 29 heavy (non-hydrogen) atoms. The number of para-hydroxylation sites is 2. The summed E-state index contributed by atoms with van der Waals surface area (Å²) in [6, 6.07) is 21.0. The molecular formula is C24H17N3O2. The molecule has 0 saturated carbocycles. The number of pyridine rings is 1. The van der Waals surface area contributed by atoms with Crippen molar-refractivity contribution in [1.29, 1.82) is 0 Å². The van der Waals surface area contributed by atoms with Gasteiger partial charge in [-0.05, 0) is 42.5 Å². The molecule has 0 atom stereocenters. The molecule has 1 aliphatic heterocycles. The quantitative estimate of drug-likeness (QED) is 0.489. The first-order chi connectivity index (χ1) is 14.3. The number of aromatic nitrogens is 3. The fourth-order valence-corrected chi connectivity index (χ4v) is 3.40. The lowest BCUT2D eigenvalue weighted by molar-refractivity contribution is 0.100. The van der Waals surface area contributed by atoms with Crippen LogP contribution in [0.25, 0.3) is 23.0 Å². The van der Waals surface area contributed by atoms with E-state index in [0.29, 0.717) is 16.9 Å². The highest BCUT2D eigenvalue weighted by atomic mass is 16.5. The van der Waals surface area contributed by atoms with E-state index in [1.54, 1.807) is 18.5 Å². The summed E-state index contributed by atoms with van der Waals surface area (Å²) < 4.78 is 7.60. The molecule has 2 aromatic carbocycles. The van der Waals surface area contributed by atoms with Crippen molar-refractivity contribution in [2.45, 2.75) is 0 Å². The Hall–Kier alpha value is -3.99. The normalized spacial score (nSPS) is 14.5. The first-order valence-corrected chi connectivity index (χ1v) is 9.32. The molecule has 0 radical (unpaired) electrons. The lowest BCUT2D eigenvalue weighted by Crippen LogP contribution is -2.18. The van der Waals surface area contributed by atoms with Crippen LogP contribution in [0.5, 0.6) is 5.75 Å². The molecule has 0 aliphatic carbocycles. The number of hydrogen-bond acceptors (Lipinski definition) is 4. The number of hydrogen-bond donors (Lipinski definition) is 0. The molecule has 140 valence electrons. The second-order valence-electron chi connectivity index (χ2n) is 6.74. The van der Waals surface area contributed by atoms with Crippen LogP contribution >= 0.6 is 0 Å². The highest BCUT2D eigenvalue weighted by Crippen LogP contribution is 2.30. The number of ketones is 1. The summed E-state index contributed by atoms with van der Waals surface area (Å²) in [6.45, 7) is 0.235. The summed E-state index contributed by atoms with van der Waals surface area (Å²) >= 11 is 0. The summed E-state index contributed by atoms with van der Waals surface area (Å²) in [5, 5.41) is 4.77. The van der Waals surface area contributed by atoms with Crippen molar-refractivity contribution in [1.82, 2.24) is 14.8 Å². The van der Waals surface area contributed by atoms with Gasteiger partial charge in [0.05, 0.1) is 11.3 Å². The van der Waals surface area contributed by atoms with Crippen molar-refractivity contribution in [2.75, 3.05) is 6.61 Å². The zero-order valence-corrected chi connectivity index (χ0v) is 15.5. The Morgan fingerprint density at radius 1 is 0.966 bits per heavy atom. The highest BCUT2D eigenvalue weighted by Gasteiger charge is 2.23. The molecule has 0 unspecified atom stereocenters. The Labute approximate surface area is 167 Å². The number of benzene rings is 2. The molecule has 1 aliphatic rings. The number of Topliss-reactive ketones (excluding diaryl/α,β-unsaturated/α-hetero) is 1. The van der Waals surface area contributed by atoms with Crippen molar-refractivity contribution in [3.05, 3.63) is 102 Å². The summed E-state index contributed by atoms with van der Waals surface area (Å²) in [5.74, 6) is 0.610. The predicted molar refractivity (Wildman–Crippen MR) is 111 cm³/mol. The van der Waals surface area contributed by atoms with Gasteiger partial charge in [-0.1, -0.05) is 30.3 Å². The molecule has 5 nitrogen and oxygen atoms in total. The maximum absolute atomic E-state index is 13.0. The van der Waals surface area contributed by atoms with Crippen molar-refractivity contribution >= 4 is 11.9 Å². The highest BCUT2D eigenvalue weighted by molar-refractivity contribution is 6.14. The molecule has 2 aromatic heterocycles. The predicted octanol–water partition coefficient (Wildman–Crippen LogP) is 4.59. The Balaban J connectivity index is 1.62. The Bertz CT molecular complexity index is 1210. The van der Waals surface area contributed by atoms with Crippen LogP contribution < -0.4 is 4.74 Å². The Morgan fingerprint density at radius 3 is 2.62 bits per heavy atom. The van der Waals surface area contributed by atoms with Gasteiger partial charge in [0.2, 0.25) is 0 Å². The third-order valence-electron chi connectivity index (χ3n) is 4.83. The lowest BCUT2D eigenvalue weighted by atomic mass is 9.98. The molecule has 3 heterocycles. The Morgan fingerprint density at radius 2 is 1.79 bits per heavy atom. The van der Waals surface area contributed by atoms with Crippen LogP contribution in [0, 0.1) is 0 Å². The maximum Gasteiger partial charge on any atom is 0.196 e. The smallest absolute Gasteiger partial charge is 0.196 e. The molecule has 5 heteroatoms. The number of nitrogens with zero attached hydrogens (tertiary/aromatic N) is 3. The summed E-state index contributed by atoms with van der Waals surface area (Å²) in [5.41, 5.74) is 4.62. The van der Waals surface area contributed by atoms with Crippen LogP contribution in [0.15, 0.2) is 90.9 Å². The van der Waals surface area contributed by atoms with E-state index in [1.807, 2.05) is 77.6 Å². The van der Waals surface area contributed by atoms with E-state index in [-0.39, 0.29) is 12.4 Å². The first-order valence-electron chi connectivity index (χ1n) is 9.32. The largest absolute Gasteiger partial charge is 0.488 e. The summed E-state index contributed by atoms with van der Waals surface area (Å²) in [4.78, 5) is 17.2. The monoisotopic (exact) mass is 379 g/mol. The summed E-state index contributed by atoms with van der Waals surface area (Å²) in [6.07, 6.45) is 7.30. The van der Waals surface area contributed by atoms with E-state index in [2.05, 4.69) is 4.98 Å². The second-order valence-corrected chi connectivity index (χ2v) is 6.74. The number of fused-ring (bicyclic) bond motifs is 1. The van der Waals surface area contributed by atoms with Crippen LogP contribution in [0.2, 0.25) is 0 Å². The van der Waals surface area contributed by atoms with Gasteiger partial charge in [-0.25, -0.2) is 4.68 Å². The molecule has 0 saturated heterocycles. The number of rotatable bonds is 3. The van der Waals surface area contributed by atoms with Crippen LogP contribution in [-0.4, -0.2) is 27.2 Å². The van der Waals surface area contributed by atoms with Gasteiger partial charge in [-0.15, -0.1) is 0 Å². The number of carbonyl (C=O) groups excluding carboxylic acids is 1. The molecular weight excluding hydrogens is 362 g/mol. The molecule has 4 aromatic rings. The standard InChI is InChI=1S/C24H17N3O2/c28-24-19(16-29-22-11-5-4-10-21(22)24)13-18-15-27(20-8-2-1-3-9-20)26-23(18)17-7-6-12-25-14-17/h1-15H,16H2/b19-13+. The molecule has 0 bridgehead atoms. The Kier molecular flexibility index (Phi) is 4.26. The van der Waals surface area contributed by atoms with Gasteiger partial charge in [0, 0.05) is 35.3 Å². The average Bonchev–Trinajstić information content (AvgIpc) is 3.21. The van der Waals surface area contributed by atoms with Crippen molar-refractivity contribution in [2.24, 2.45) is 0 Å². The van der Waals surface area contributed by atoms with E-state index in [1.165, 1.54) is 0 Å². The topological polar surface area (TPSA) is 57.0 Å². The van der Waals surface area contributed by atoms with E-state index >= 15 is 0 Å². The van der Waals surface area contributed by atoms with Gasteiger partial charge in [0.1, 0.15) is 18.1 Å². The average molecular weight is 379 g/mol. The zero-order valence-electron chi connectivity index (χ0n) is 15.5. The molecule has 0 amide bonds. The van der Waals surface area contributed by atoms with Crippen molar-refractivity contribution in [3.8, 4) is 22.7 Å². The SMILES string of the molecule is O=C1/C(=C/c2cn(-c3ccccc3)nc2-c2cccnc2)COc2ccccc21. The zero-order chi connectivity index (χ0) is 19.6. The fourth-order valence-electron chi connectivity index (χ4n) is 3.40. The van der Waals surface area contributed by atoms with Gasteiger partial charge < -0.3 is 4.74 Å². The molecule has 0 N–H and O–H groups in total. The van der Waals surface area contributed by atoms with Crippen molar-refractivity contribution in [3.63, 3.8) is 0 Å². The van der Waals surface area contributed by atoms with E-state index in [4.69, 9.17) is 9.84 Å². The number of carbonyl (C=O) groups is 1. The van der Waals surface area contributed by atoms with Crippen molar-refractivity contribution < 1.29 is 9.53 Å². The summed E-state index contributed by atoms with van der Waals surface area (Å²) in [7, 11) is 0. The minimum atomic E-state index is -0.0172. The minimum absolute atomic E-state index is 0.0172. The van der Waals surface area contributed by atoms with Crippen LogP contribution in [0.1, 0.15) is 15.9 Å². The van der Waals surface area contributed by atoms with E-state index in [9.17, 15) is 4.79 Å². The third-order valence-corrected chi connectivity index (χ3v) is 4.83. The van der Waals surface area contributed by atoms with Gasteiger partial charge in [-0.3, -0.25) is 9.78 Å². The van der Waals surface area contributed by atoms with Crippen LogP contribution in [0.3, 0.4) is 0 Å². The molecule has 5 rings (SSSR count). The van der Waals surface area contributed by atoms with Gasteiger partial charge in [0.15, 0.2) is 5.78 Å². The van der Waals surface area contributed by atoms with Gasteiger partial charge in [0.25, 0.3) is 0 Å². The fraction of sp³-hybridized carbons (Fsp3) is 0.0417. The van der Waals surface area contributed by atoms with Gasteiger partial charge >= 0.3 is 0 Å². The first kappa shape index (κ1) is 17.1. The number of ether oxygens (including phenoxy) is 1. The van der Waals surface area contributed by atoms with Crippen LogP contribution in [0.4, 0.5) is 0 Å². The maximum atomic E-state index is 13.0.